The Hall–Kier alpha value is -1.83. The van der Waals surface area contributed by atoms with Crippen molar-refractivity contribution in [2.45, 2.75) is 39.7 Å². The normalized spacial score (nSPS) is 11.8. The third kappa shape index (κ3) is 5.22. The van der Waals surface area contributed by atoms with Crippen molar-refractivity contribution >= 4 is 34.2 Å². The molecule has 0 radical (unpaired) electrons. The van der Waals surface area contributed by atoms with Crippen molar-refractivity contribution in [1.29, 1.82) is 0 Å². The number of aromatic nitrogens is 1. The van der Waals surface area contributed by atoms with E-state index in [1.807, 2.05) is 13.8 Å². The van der Waals surface area contributed by atoms with Crippen LogP contribution in [0.4, 0.5) is 10.8 Å². The van der Waals surface area contributed by atoms with Crippen molar-refractivity contribution in [1.82, 2.24) is 9.69 Å². The van der Waals surface area contributed by atoms with Crippen LogP contribution in [-0.4, -0.2) is 35.4 Å². The number of carbonyl (C=O) groups is 2. The standard InChI is InChI=1S/C13H22N4O3S/c1-4-8(3)16-9(18)6-7-15-12-10(11(14)17-21-12)13(19)20-5-2/h8,15H,4-7H2,1-3H3,(H2,14,17)(H,16,18). The molecule has 0 aromatic carbocycles. The van der Waals surface area contributed by atoms with Gasteiger partial charge in [0.2, 0.25) is 5.91 Å². The Morgan fingerprint density at radius 2 is 2.14 bits per heavy atom. The van der Waals surface area contributed by atoms with Crippen molar-refractivity contribution in [2.24, 2.45) is 0 Å². The molecule has 1 aromatic rings. The topological polar surface area (TPSA) is 106 Å². The number of anilines is 2. The lowest BCUT2D eigenvalue weighted by Gasteiger charge is -2.11. The fraction of sp³-hybridized carbons (Fsp3) is 0.615. The quantitative estimate of drug-likeness (QED) is 0.630. The second-order valence-electron chi connectivity index (χ2n) is 4.55. The first-order valence-electron chi connectivity index (χ1n) is 6.95. The van der Waals surface area contributed by atoms with Gasteiger partial charge in [0.25, 0.3) is 0 Å². The number of nitrogens with zero attached hydrogens (tertiary/aromatic N) is 1. The van der Waals surface area contributed by atoms with Crippen LogP contribution in [0.15, 0.2) is 0 Å². The Labute approximate surface area is 128 Å². The number of rotatable bonds is 8. The minimum absolute atomic E-state index is 0.0352. The van der Waals surface area contributed by atoms with E-state index >= 15 is 0 Å². The van der Waals surface area contributed by atoms with E-state index in [9.17, 15) is 9.59 Å². The molecule has 1 aromatic heterocycles. The number of nitrogens with two attached hydrogens (primary N) is 1. The molecule has 4 N–H and O–H groups in total. The number of esters is 1. The van der Waals surface area contributed by atoms with Gasteiger partial charge in [0.05, 0.1) is 6.61 Å². The van der Waals surface area contributed by atoms with Gasteiger partial charge in [-0.25, -0.2) is 4.79 Å². The van der Waals surface area contributed by atoms with Crippen molar-refractivity contribution < 1.29 is 14.3 Å². The predicted molar refractivity (Wildman–Crippen MR) is 83.5 cm³/mol. The summed E-state index contributed by atoms with van der Waals surface area (Å²) in [6.07, 6.45) is 1.20. The third-order valence-electron chi connectivity index (χ3n) is 2.86. The summed E-state index contributed by atoms with van der Waals surface area (Å²) in [6.45, 7) is 6.35. The van der Waals surface area contributed by atoms with E-state index < -0.39 is 5.97 Å². The molecule has 118 valence electrons. The maximum atomic E-state index is 11.8. The van der Waals surface area contributed by atoms with Crippen LogP contribution in [-0.2, 0) is 9.53 Å². The summed E-state index contributed by atoms with van der Waals surface area (Å²) >= 11 is 1.08. The van der Waals surface area contributed by atoms with Gasteiger partial charge in [-0.15, -0.1) is 0 Å². The van der Waals surface area contributed by atoms with Crippen LogP contribution < -0.4 is 16.4 Å². The van der Waals surface area contributed by atoms with Gasteiger partial charge in [-0.3, -0.25) is 4.79 Å². The van der Waals surface area contributed by atoms with Crippen LogP contribution in [0.5, 0.6) is 0 Å². The highest BCUT2D eigenvalue weighted by Crippen LogP contribution is 2.27. The van der Waals surface area contributed by atoms with Gasteiger partial charge in [0.15, 0.2) is 5.82 Å². The lowest BCUT2D eigenvalue weighted by molar-refractivity contribution is -0.121. The minimum atomic E-state index is -0.504. The molecule has 1 heterocycles. The van der Waals surface area contributed by atoms with E-state index in [1.165, 1.54) is 0 Å². The first-order chi connectivity index (χ1) is 9.99. The van der Waals surface area contributed by atoms with Crippen LogP contribution in [0.2, 0.25) is 0 Å². The molecule has 8 heteroatoms. The fourth-order valence-corrected chi connectivity index (χ4v) is 2.29. The van der Waals surface area contributed by atoms with Gasteiger partial charge in [0.1, 0.15) is 10.6 Å². The van der Waals surface area contributed by atoms with Crippen LogP contribution in [0.25, 0.3) is 0 Å². The summed E-state index contributed by atoms with van der Waals surface area (Å²) in [5.74, 6) is -0.396. The zero-order chi connectivity index (χ0) is 15.8. The van der Waals surface area contributed by atoms with Gasteiger partial charge in [-0.2, -0.15) is 4.37 Å². The Morgan fingerprint density at radius 1 is 1.43 bits per heavy atom. The van der Waals surface area contributed by atoms with Crippen LogP contribution >= 0.6 is 11.5 Å². The molecule has 1 unspecified atom stereocenters. The lowest BCUT2D eigenvalue weighted by Crippen LogP contribution is -2.32. The molecular weight excluding hydrogens is 292 g/mol. The number of nitrogens with one attached hydrogen (secondary N) is 2. The molecule has 0 saturated carbocycles. The van der Waals surface area contributed by atoms with E-state index in [1.54, 1.807) is 6.92 Å². The van der Waals surface area contributed by atoms with Crippen molar-refractivity contribution in [3.05, 3.63) is 5.56 Å². The molecular formula is C13H22N4O3S. The van der Waals surface area contributed by atoms with Crippen LogP contribution in [0.1, 0.15) is 44.0 Å². The number of hydrogen-bond acceptors (Lipinski definition) is 7. The van der Waals surface area contributed by atoms with Gasteiger partial charge >= 0.3 is 5.97 Å². The molecule has 0 bridgehead atoms. The molecule has 1 amide bonds. The van der Waals surface area contributed by atoms with E-state index in [2.05, 4.69) is 15.0 Å². The number of hydrogen-bond donors (Lipinski definition) is 3. The first-order valence-corrected chi connectivity index (χ1v) is 7.72. The van der Waals surface area contributed by atoms with Crippen LogP contribution in [0, 0.1) is 0 Å². The summed E-state index contributed by atoms with van der Waals surface area (Å²) in [6, 6.07) is 0.159. The summed E-state index contributed by atoms with van der Waals surface area (Å²) in [7, 11) is 0. The second kappa shape index (κ2) is 8.46. The largest absolute Gasteiger partial charge is 0.462 e. The molecule has 0 spiro atoms. The zero-order valence-electron chi connectivity index (χ0n) is 12.6. The van der Waals surface area contributed by atoms with Gasteiger partial charge in [0, 0.05) is 19.0 Å². The Balaban J connectivity index is 2.53. The van der Waals surface area contributed by atoms with Gasteiger partial charge < -0.3 is 21.1 Å². The highest BCUT2D eigenvalue weighted by molar-refractivity contribution is 7.11. The van der Waals surface area contributed by atoms with E-state index in [4.69, 9.17) is 10.5 Å². The maximum absolute atomic E-state index is 11.8. The minimum Gasteiger partial charge on any atom is -0.462 e. The Bertz CT molecular complexity index is 490. The van der Waals surface area contributed by atoms with Crippen LogP contribution in [0.3, 0.4) is 0 Å². The summed E-state index contributed by atoms with van der Waals surface area (Å²) in [5, 5.41) is 6.41. The molecule has 21 heavy (non-hydrogen) atoms. The molecule has 0 fully saturated rings. The number of ether oxygens (including phenoxy) is 1. The Kier molecular flexibility index (Phi) is 6.93. The van der Waals surface area contributed by atoms with E-state index in [0.29, 0.717) is 18.0 Å². The van der Waals surface area contributed by atoms with E-state index in [-0.39, 0.29) is 29.9 Å². The maximum Gasteiger partial charge on any atom is 0.344 e. The number of carbonyl (C=O) groups excluding carboxylic acids is 2. The highest BCUT2D eigenvalue weighted by atomic mass is 32.1. The van der Waals surface area contributed by atoms with Crippen molar-refractivity contribution in [3.8, 4) is 0 Å². The molecule has 0 aliphatic rings. The zero-order valence-corrected chi connectivity index (χ0v) is 13.4. The summed E-state index contributed by atoms with van der Waals surface area (Å²) in [4.78, 5) is 23.4. The molecule has 0 saturated heterocycles. The third-order valence-corrected chi connectivity index (χ3v) is 3.67. The molecule has 0 aliphatic carbocycles. The molecule has 7 nitrogen and oxygen atoms in total. The monoisotopic (exact) mass is 314 g/mol. The lowest BCUT2D eigenvalue weighted by atomic mass is 10.2. The van der Waals surface area contributed by atoms with Crippen molar-refractivity contribution in [2.75, 3.05) is 24.2 Å². The SMILES string of the molecule is CCOC(=O)c1c(N)nsc1NCCC(=O)NC(C)CC. The number of amides is 1. The Morgan fingerprint density at radius 3 is 2.76 bits per heavy atom. The summed E-state index contributed by atoms with van der Waals surface area (Å²) in [5.41, 5.74) is 5.91. The van der Waals surface area contributed by atoms with Crippen molar-refractivity contribution in [3.63, 3.8) is 0 Å². The first kappa shape index (κ1) is 17.2. The average molecular weight is 314 g/mol. The predicted octanol–water partition coefficient (Wildman–Crippen LogP) is 1.62. The fourth-order valence-electron chi connectivity index (χ4n) is 1.56. The van der Waals surface area contributed by atoms with Gasteiger partial charge in [-0.1, -0.05) is 6.92 Å². The average Bonchev–Trinajstić information content (AvgIpc) is 2.80. The summed E-state index contributed by atoms with van der Waals surface area (Å²) < 4.78 is 8.87. The molecule has 0 aliphatic heterocycles. The molecule has 1 atom stereocenters. The smallest absolute Gasteiger partial charge is 0.344 e. The number of nitrogen functional groups attached to an aromatic ring is 1. The van der Waals surface area contributed by atoms with E-state index in [0.717, 1.165) is 18.0 Å². The van der Waals surface area contributed by atoms with Gasteiger partial charge in [-0.05, 0) is 31.8 Å². The highest BCUT2D eigenvalue weighted by Gasteiger charge is 2.20. The molecule has 1 rings (SSSR count). The second-order valence-corrected chi connectivity index (χ2v) is 5.32.